The summed E-state index contributed by atoms with van der Waals surface area (Å²) < 4.78 is 5.46. The highest BCUT2D eigenvalue weighted by molar-refractivity contribution is 8.00. The van der Waals surface area contributed by atoms with Crippen molar-refractivity contribution in [2.24, 2.45) is 0 Å². The Morgan fingerprint density at radius 1 is 0.760 bits per heavy atom. The van der Waals surface area contributed by atoms with Gasteiger partial charge in [-0.15, -0.1) is 23.1 Å². The van der Waals surface area contributed by atoms with Gasteiger partial charge in [0.05, 0.1) is 12.8 Å². The summed E-state index contributed by atoms with van der Waals surface area (Å²) in [7, 11) is 1.54. The molecule has 0 radical (unpaired) electrons. The Balaban J connectivity index is 1.18. The first-order chi connectivity index (χ1) is 24.5. The lowest BCUT2D eigenvalue weighted by Gasteiger charge is -2.17. The first-order valence-corrected chi connectivity index (χ1v) is 17.4. The van der Waals surface area contributed by atoms with Crippen LogP contribution in [-0.2, 0) is 9.59 Å². The molecule has 0 bridgehead atoms. The van der Waals surface area contributed by atoms with E-state index in [-0.39, 0.29) is 11.6 Å². The van der Waals surface area contributed by atoms with E-state index in [2.05, 4.69) is 20.9 Å². The van der Waals surface area contributed by atoms with E-state index in [1.807, 2.05) is 96.4 Å². The standard InChI is InChI=1S/C40H32N4O4S2/c1-48-35-20-12-11-19-30(35)25-33(42-37(45)29-17-9-4-10-18-29)38(46)41-31-21-23-32(24-22-31)50-36(28-15-7-3-8-16-28)39(47)44-40-43-34(26-49-40)27-13-5-2-6-14-27/h2-26,36H,1H3,(H,41,46)(H,42,45)(H,43,44,47)/b33-25-. The van der Waals surface area contributed by atoms with Crippen molar-refractivity contribution in [2.75, 3.05) is 17.7 Å². The maximum atomic E-state index is 13.7. The summed E-state index contributed by atoms with van der Waals surface area (Å²) in [5.74, 6) is -0.585. The number of carbonyl (C=O) groups is 3. The van der Waals surface area contributed by atoms with E-state index in [0.717, 1.165) is 21.7 Å². The van der Waals surface area contributed by atoms with E-state index in [9.17, 15) is 14.4 Å². The van der Waals surface area contributed by atoms with Gasteiger partial charge in [-0.3, -0.25) is 14.4 Å². The SMILES string of the molecule is COc1ccccc1/C=C(\NC(=O)c1ccccc1)C(=O)Nc1ccc(SC(C(=O)Nc2nc(-c3ccccc3)cs2)c2ccccc2)cc1. The number of amides is 3. The molecule has 1 atom stereocenters. The fourth-order valence-electron chi connectivity index (χ4n) is 4.98. The first kappa shape index (κ1) is 33.9. The zero-order valence-electron chi connectivity index (χ0n) is 26.9. The minimum Gasteiger partial charge on any atom is -0.496 e. The summed E-state index contributed by atoms with van der Waals surface area (Å²) in [4.78, 5) is 45.8. The Labute approximate surface area is 298 Å². The lowest BCUT2D eigenvalue weighted by molar-refractivity contribution is -0.116. The number of anilines is 2. The molecule has 50 heavy (non-hydrogen) atoms. The van der Waals surface area contributed by atoms with Crippen molar-refractivity contribution in [2.45, 2.75) is 10.1 Å². The maximum absolute atomic E-state index is 13.7. The fourth-order valence-corrected chi connectivity index (χ4v) is 6.73. The predicted octanol–water partition coefficient (Wildman–Crippen LogP) is 8.70. The van der Waals surface area contributed by atoms with E-state index < -0.39 is 17.1 Å². The van der Waals surface area contributed by atoms with E-state index in [4.69, 9.17) is 4.74 Å². The van der Waals surface area contributed by atoms with Crippen LogP contribution in [0.5, 0.6) is 5.75 Å². The van der Waals surface area contributed by atoms with Crippen LogP contribution in [0.2, 0.25) is 0 Å². The minimum atomic E-state index is -0.565. The molecule has 0 spiro atoms. The zero-order valence-corrected chi connectivity index (χ0v) is 28.5. The number of aromatic nitrogens is 1. The van der Waals surface area contributed by atoms with Gasteiger partial charge < -0.3 is 20.7 Å². The van der Waals surface area contributed by atoms with Crippen molar-refractivity contribution in [1.29, 1.82) is 0 Å². The topological polar surface area (TPSA) is 109 Å². The van der Waals surface area contributed by atoms with Crippen molar-refractivity contribution in [1.82, 2.24) is 10.3 Å². The van der Waals surface area contributed by atoms with Gasteiger partial charge in [0.15, 0.2) is 5.13 Å². The fraction of sp³-hybridized carbons (Fsp3) is 0.0500. The highest BCUT2D eigenvalue weighted by atomic mass is 32.2. The molecule has 0 aliphatic heterocycles. The molecule has 0 fully saturated rings. The molecular formula is C40H32N4O4S2. The van der Waals surface area contributed by atoms with E-state index in [0.29, 0.717) is 27.7 Å². The van der Waals surface area contributed by atoms with Crippen molar-refractivity contribution < 1.29 is 19.1 Å². The predicted molar refractivity (Wildman–Crippen MR) is 201 cm³/mol. The first-order valence-electron chi connectivity index (χ1n) is 15.6. The number of benzene rings is 5. The average molecular weight is 697 g/mol. The molecule has 6 aromatic rings. The zero-order chi connectivity index (χ0) is 34.7. The normalized spacial score (nSPS) is 11.7. The molecule has 248 valence electrons. The molecule has 0 aliphatic rings. The number of hydrogen-bond donors (Lipinski definition) is 3. The van der Waals surface area contributed by atoms with E-state index in [1.165, 1.54) is 23.1 Å². The molecule has 3 amide bonds. The number of thioether (sulfide) groups is 1. The highest BCUT2D eigenvalue weighted by Crippen LogP contribution is 2.37. The second-order valence-corrected chi connectivity index (χ2v) is 12.9. The van der Waals surface area contributed by atoms with Crippen LogP contribution in [-0.4, -0.2) is 29.8 Å². The molecule has 5 aromatic carbocycles. The smallest absolute Gasteiger partial charge is 0.272 e. The number of nitrogens with zero attached hydrogens (tertiary/aromatic N) is 1. The molecule has 1 aromatic heterocycles. The van der Waals surface area contributed by atoms with Gasteiger partial charge in [-0.05, 0) is 54.1 Å². The number of rotatable bonds is 12. The van der Waals surface area contributed by atoms with Crippen LogP contribution in [0, 0.1) is 0 Å². The lowest BCUT2D eigenvalue weighted by atomic mass is 10.1. The van der Waals surface area contributed by atoms with Crippen molar-refractivity contribution in [3.63, 3.8) is 0 Å². The third kappa shape index (κ3) is 8.73. The summed E-state index contributed by atoms with van der Waals surface area (Å²) in [6.07, 6.45) is 1.58. The van der Waals surface area contributed by atoms with Gasteiger partial charge in [0.25, 0.3) is 11.8 Å². The Morgan fingerprint density at radius 3 is 2.10 bits per heavy atom. The Kier molecular flexibility index (Phi) is 11.1. The van der Waals surface area contributed by atoms with Gasteiger partial charge in [-0.2, -0.15) is 0 Å². The van der Waals surface area contributed by atoms with Crippen LogP contribution in [0.1, 0.15) is 26.7 Å². The van der Waals surface area contributed by atoms with Crippen molar-refractivity contribution in [3.05, 3.63) is 167 Å². The van der Waals surface area contributed by atoms with Gasteiger partial charge >= 0.3 is 0 Å². The summed E-state index contributed by atoms with van der Waals surface area (Å²) in [6.45, 7) is 0. The van der Waals surface area contributed by atoms with Crippen LogP contribution < -0.4 is 20.7 Å². The van der Waals surface area contributed by atoms with Gasteiger partial charge in [-0.1, -0.05) is 97.1 Å². The number of hydrogen-bond acceptors (Lipinski definition) is 7. The summed E-state index contributed by atoms with van der Waals surface area (Å²) in [6, 6.07) is 42.4. The molecule has 0 saturated carbocycles. The average Bonchev–Trinajstić information content (AvgIpc) is 3.63. The molecule has 1 unspecified atom stereocenters. The Morgan fingerprint density at radius 2 is 1.40 bits per heavy atom. The number of ether oxygens (including phenoxy) is 1. The number of para-hydroxylation sites is 1. The summed E-state index contributed by atoms with van der Waals surface area (Å²) in [5.41, 5.74) is 4.21. The van der Waals surface area contributed by atoms with Crippen molar-refractivity contribution >= 4 is 57.7 Å². The number of nitrogens with one attached hydrogen (secondary N) is 3. The number of methoxy groups -OCH3 is 1. The van der Waals surface area contributed by atoms with Crippen LogP contribution in [0.15, 0.2) is 155 Å². The molecular weight excluding hydrogens is 665 g/mol. The van der Waals surface area contributed by atoms with E-state index in [1.54, 1.807) is 61.7 Å². The summed E-state index contributed by atoms with van der Waals surface area (Å²) >= 11 is 2.76. The molecule has 8 nitrogen and oxygen atoms in total. The lowest BCUT2D eigenvalue weighted by Crippen LogP contribution is -2.30. The molecule has 3 N–H and O–H groups in total. The molecule has 1 heterocycles. The number of thiazole rings is 1. The van der Waals surface area contributed by atoms with Gasteiger partial charge in [0, 0.05) is 32.7 Å². The third-order valence-electron chi connectivity index (χ3n) is 7.48. The second-order valence-electron chi connectivity index (χ2n) is 10.9. The summed E-state index contributed by atoms with van der Waals surface area (Å²) in [5, 5.41) is 10.5. The molecule has 10 heteroatoms. The minimum absolute atomic E-state index is 0.0419. The van der Waals surface area contributed by atoms with Crippen molar-refractivity contribution in [3.8, 4) is 17.0 Å². The Bertz CT molecular complexity index is 2100. The van der Waals surface area contributed by atoms with Gasteiger partial charge in [0.2, 0.25) is 5.91 Å². The molecule has 0 saturated heterocycles. The quantitative estimate of drug-likeness (QED) is 0.0873. The van der Waals surface area contributed by atoms with Crippen LogP contribution >= 0.6 is 23.1 Å². The highest BCUT2D eigenvalue weighted by Gasteiger charge is 2.24. The Hall–Kier alpha value is -5.97. The van der Waals surface area contributed by atoms with Gasteiger partial charge in [-0.25, -0.2) is 4.98 Å². The number of carbonyl (C=O) groups excluding carboxylic acids is 3. The van der Waals surface area contributed by atoms with Crippen LogP contribution in [0.3, 0.4) is 0 Å². The maximum Gasteiger partial charge on any atom is 0.272 e. The van der Waals surface area contributed by atoms with Gasteiger partial charge in [0.1, 0.15) is 16.7 Å². The largest absolute Gasteiger partial charge is 0.496 e. The van der Waals surface area contributed by atoms with Crippen LogP contribution in [0.25, 0.3) is 17.3 Å². The second kappa shape index (κ2) is 16.4. The molecule has 6 rings (SSSR count). The van der Waals surface area contributed by atoms with E-state index >= 15 is 0 Å². The van der Waals surface area contributed by atoms with Crippen LogP contribution in [0.4, 0.5) is 10.8 Å². The monoisotopic (exact) mass is 696 g/mol. The molecule has 0 aliphatic carbocycles. The third-order valence-corrected chi connectivity index (χ3v) is 9.50.